The van der Waals surface area contributed by atoms with E-state index in [9.17, 15) is 4.79 Å². The zero-order chi connectivity index (χ0) is 13.1. The maximum absolute atomic E-state index is 11.2. The minimum Gasteiger partial charge on any atom is -0.361 e. The van der Waals surface area contributed by atoms with Crippen molar-refractivity contribution in [3.05, 3.63) is 17.0 Å². The van der Waals surface area contributed by atoms with Gasteiger partial charge in [-0.25, -0.2) is 0 Å². The van der Waals surface area contributed by atoms with Crippen LogP contribution >= 0.6 is 0 Å². The molecule has 0 aliphatic carbocycles. The molecule has 1 aromatic rings. The van der Waals surface area contributed by atoms with Gasteiger partial charge in [-0.15, -0.1) is 0 Å². The first kappa shape index (κ1) is 13.0. The Hall–Kier alpha value is -1.40. The smallest absolute Gasteiger partial charge is 0.233 e. The van der Waals surface area contributed by atoms with E-state index in [-0.39, 0.29) is 18.5 Å². The second-order valence-corrected chi connectivity index (χ2v) is 4.82. The van der Waals surface area contributed by atoms with Crippen molar-refractivity contribution in [1.29, 1.82) is 0 Å². The van der Waals surface area contributed by atoms with Crippen molar-refractivity contribution in [2.24, 2.45) is 5.73 Å². The van der Waals surface area contributed by atoms with Gasteiger partial charge >= 0.3 is 0 Å². The number of nitrogens with zero attached hydrogens (tertiary/aromatic N) is 1. The van der Waals surface area contributed by atoms with E-state index in [0.29, 0.717) is 6.04 Å². The summed E-state index contributed by atoms with van der Waals surface area (Å²) in [6.07, 6.45) is 1.80. The second-order valence-electron chi connectivity index (χ2n) is 4.82. The Morgan fingerprint density at radius 3 is 3.00 bits per heavy atom. The number of aromatic nitrogens is 1. The van der Waals surface area contributed by atoms with Crippen LogP contribution in [0.1, 0.15) is 23.4 Å². The van der Waals surface area contributed by atoms with Gasteiger partial charge in [-0.05, 0) is 26.7 Å². The largest absolute Gasteiger partial charge is 0.361 e. The number of hydrogen-bond donors (Lipinski definition) is 3. The van der Waals surface area contributed by atoms with Crippen molar-refractivity contribution in [2.75, 3.05) is 13.1 Å². The van der Waals surface area contributed by atoms with Gasteiger partial charge in [0.1, 0.15) is 5.76 Å². The Kier molecular flexibility index (Phi) is 3.98. The zero-order valence-electron chi connectivity index (χ0n) is 10.8. The second kappa shape index (κ2) is 5.49. The van der Waals surface area contributed by atoms with Crippen LogP contribution in [0.5, 0.6) is 0 Å². The molecule has 4 N–H and O–H groups in total. The lowest BCUT2D eigenvalue weighted by molar-refractivity contribution is -0.120. The quantitative estimate of drug-likeness (QED) is 0.680. The Morgan fingerprint density at radius 2 is 2.39 bits per heavy atom. The van der Waals surface area contributed by atoms with Crippen LogP contribution in [0.4, 0.5) is 0 Å². The highest BCUT2D eigenvalue weighted by atomic mass is 16.5. The van der Waals surface area contributed by atoms with Crippen molar-refractivity contribution in [1.82, 2.24) is 15.8 Å². The standard InChI is InChI=1S/C12H20N4O2/c1-7-11(8(2)18-16-7)4-9-3-10(6-14-9)15-12(17)5-13/h9-10,14H,3-6,13H2,1-2H3,(H,15,17). The molecular formula is C12H20N4O2. The lowest BCUT2D eigenvalue weighted by atomic mass is 10.0. The molecule has 6 heteroatoms. The van der Waals surface area contributed by atoms with Crippen LogP contribution < -0.4 is 16.4 Å². The molecule has 1 aliphatic heterocycles. The summed E-state index contributed by atoms with van der Waals surface area (Å²) in [7, 11) is 0. The number of carbonyl (C=O) groups is 1. The lowest BCUT2D eigenvalue weighted by Crippen LogP contribution is -2.39. The van der Waals surface area contributed by atoms with Crippen LogP contribution in [0.2, 0.25) is 0 Å². The summed E-state index contributed by atoms with van der Waals surface area (Å²) in [5.74, 6) is 0.781. The minimum atomic E-state index is -0.0974. The van der Waals surface area contributed by atoms with Gasteiger partial charge in [0.2, 0.25) is 5.91 Å². The molecule has 1 saturated heterocycles. The molecular weight excluding hydrogens is 232 g/mol. The molecule has 6 nitrogen and oxygen atoms in total. The molecule has 0 spiro atoms. The van der Waals surface area contributed by atoms with E-state index in [2.05, 4.69) is 15.8 Å². The van der Waals surface area contributed by atoms with Gasteiger partial charge in [-0.2, -0.15) is 0 Å². The Balaban J connectivity index is 1.88. The number of nitrogens with one attached hydrogen (secondary N) is 2. The number of rotatable bonds is 4. The monoisotopic (exact) mass is 252 g/mol. The molecule has 18 heavy (non-hydrogen) atoms. The molecule has 1 aromatic heterocycles. The van der Waals surface area contributed by atoms with E-state index in [1.54, 1.807) is 0 Å². The Morgan fingerprint density at radius 1 is 1.61 bits per heavy atom. The SMILES string of the molecule is Cc1noc(C)c1CC1CC(NC(=O)CN)CN1. The number of amides is 1. The summed E-state index contributed by atoms with van der Waals surface area (Å²) >= 11 is 0. The molecule has 0 radical (unpaired) electrons. The highest BCUT2D eigenvalue weighted by Gasteiger charge is 2.26. The van der Waals surface area contributed by atoms with Gasteiger partial charge in [0.25, 0.3) is 0 Å². The predicted octanol–water partition coefficient (Wildman–Crippen LogP) is -0.361. The topological polar surface area (TPSA) is 93.2 Å². The van der Waals surface area contributed by atoms with Crippen molar-refractivity contribution in [3.8, 4) is 0 Å². The molecule has 1 amide bonds. The minimum absolute atomic E-state index is 0.0467. The highest BCUT2D eigenvalue weighted by molar-refractivity contribution is 5.78. The van der Waals surface area contributed by atoms with E-state index >= 15 is 0 Å². The number of carbonyl (C=O) groups excluding carboxylic acids is 1. The predicted molar refractivity (Wildman–Crippen MR) is 67.1 cm³/mol. The first-order valence-corrected chi connectivity index (χ1v) is 6.24. The van der Waals surface area contributed by atoms with Gasteiger partial charge in [0.05, 0.1) is 12.2 Å². The van der Waals surface area contributed by atoms with Crippen LogP contribution in [-0.4, -0.2) is 36.2 Å². The van der Waals surface area contributed by atoms with Crippen LogP contribution in [-0.2, 0) is 11.2 Å². The van der Waals surface area contributed by atoms with Gasteiger partial charge < -0.3 is 20.9 Å². The van der Waals surface area contributed by atoms with E-state index in [1.807, 2.05) is 13.8 Å². The first-order valence-electron chi connectivity index (χ1n) is 6.24. The van der Waals surface area contributed by atoms with E-state index in [1.165, 1.54) is 5.56 Å². The average molecular weight is 252 g/mol. The van der Waals surface area contributed by atoms with E-state index in [4.69, 9.17) is 10.3 Å². The van der Waals surface area contributed by atoms with Crippen molar-refractivity contribution >= 4 is 5.91 Å². The lowest BCUT2D eigenvalue weighted by Gasteiger charge is -2.11. The van der Waals surface area contributed by atoms with Gasteiger partial charge in [0.15, 0.2) is 0 Å². The fourth-order valence-electron chi connectivity index (χ4n) is 2.41. The summed E-state index contributed by atoms with van der Waals surface area (Å²) in [5.41, 5.74) is 7.39. The average Bonchev–Trinajstić information content (AvgIpc) is 2.91. The molecule has 2 heterocycles. The normalized spacial score (nSPS) is 23.3. The molecule has 0 bridgehead atoms. The summed E-state index contributed by atoms with van der Waals surface area (Å²) in [6, 6.07) is 0.524. The van der Waals surface area contributed by atoms with Crippen LogP contribution in [0.3, 0.4) is 0 Å². The van der Waals surface area contributed by atoms with Crippen LogP contribution in [0.15, 0.2) is 4.52 Å². The maximum atomic E-state index is 11.2. The van der Waals surface area contributed by atoms with Crippen LogP contribution in [0.25, 0.3) is 0 Å². The zero-order valence-corrected chi connectivity index (χ0v) is 10.8. The van der Waals surface area contributed by atoms with Crippen molar-refractivity contribution in [3.63, 3.8) is 0 Å². The third-order valence-electron chi connectivity index (χ3n) is 3.40. The third kappa shape index (κ3) is 2.88. The molecule has 2 atom stereocenters. The van der Waals surface area contributed by atoms with Crippen LogP contribution in [0, 0.1) is 13.8 Å². The Bertz CT molecular complexity index is 410. The summed E-state index contributed by atoms with van der Waals surface area (Å²) in [4.78, 5) is 11.2. The molecule has 0 saturated carbocycles. The summed E-state index contributed by atoms with van der Waals surface area (Å²) in [5, 5.41) is 10.3. The van der Waals surface area contributed by atoms with Crippen molar-refractivity contribution in [2.45, 2.75) is 38.8 Å². The summed E-state index contributed by atoms with van der Waals surface area (Å²) in [6.45, 7) is 4.72. The third-order valence-corrected chi connectivity index (χ3v) is 3.40. The van der Waals surface area contributed by atoms with Gasteiger partial charge in [-0.3, -0.25) is 4.79 Å². The molecule has 100 valence electrons. The highest BCUT2D eigenvalue weighted by Crippen LogP contribution is 2.18. The number of nitrogens with two attached hydrogens (primary N) is 1. The van der Waals surface area contributed by atoms with Gasteiger partial charge in [0, 0.05) is 24.2 Å². The molecule has 1 fully saturated rings. The van der Waals surface area contributed by atoms with E-state index in [0.717, 1.165) is 30.8 Å². The fraction of sp³-hybridized carbons (Fsp3) is 0.667. The van der Waals surface area contributed by atoms with E-state index < -0.39 is 0 Å². The first-order chi connectivity index (χ1) is 8.60. The maximum Gasteiger partial charge on any atom is 0.233 e. The Labute approximate surface area is 106 Å². The van der Waals surface area contributed by atoms with Gasteiger partial charge in [-0.1, -0.05) is 5.16 Å². The molecule has 1 aliphatic rings. The fourth-order valence-corrected chi connectivity index (χ4v) is 2.41. The molecule has 0 aromatic carbocycles. The molecule has 2 rings (SSSR count). The summed E-state index contributed by atoms with van der Waals surface area (Å²) < 4.78 is 5.15. The molecule has 2 unspecified atom stereocenters. The van der Waals surface area contributed by atoms with Crippen molar-refractivity contribution < 1.29 is 9.32 Å². The number of aryl methyl sites for hydroxylation is 2. The number of hydrogen-bond acceptors (Lipinski definition) is 5.